The van der Waals surface area contributed by atoms with Gasteiger partial charge in [0.2, 0.25) is 5.91 Å². The molecule has 2 aromatic heterocycles. The number of aromatic nitrogens is 2. The van der Waals surface area contributed by atoms with Crippen molar-refractivity contribution in [3.8, 4) is 11.4 Å². The molecule has 7 rings (SSSR count). The van der Waals surface area contributed by atoms with Crippen molar-refractivity contribution in [1.29, 1.82) is 0 Å². The van der Waals surface area contributed by atoms with Crippen molar-refractivity contribution in [2.24, 2.45) is 11.8 Å². The molecule has 214 valence electrons. The normalized spacial score (nSPS) is 21.4. The van der Waals surface area contributed by atoms with Crippen LogP contribution in [0, 0.1) is 18.8 Å². The van der Waals surface area contributed by atoms with Crippen LogP contribution in [0.4, 0.5) is 0 Å². The van der Waals surface area contributed by atoms with Crippen molar-refractivity contribution < 1.29 is 14.3 Å². The van der Waals surface area contributed by atoms with E-state index in [1.807, 2.05) is 19.9 Å². The Morgan fingerprint density at radius 2 is 1.90 bits per heavy atom. The number of rotatable bonds is 6. The molecule has 3 aromatic rings. The number of carbonyl (C=O) groups is 2. The molecule has 1 fully saturated rings. The largest absolute Gasteiger partial charge is 0.460 e. The molecule has 0 saturated heterocycles. The second-order valence-corrected chi connectivity index (χ2v) is 13.1. The predicted molar refractivity (Wildman–Crippen MR) is 158 cm³/mol. The number of amides is 1. The van der Waals surface area contributed by atoms with E-state index in [1.165, 1.54) is 29.5 Å². The van der Waals surface area contributed by atoms with Crippen LogP contribution in [0.1, 0.15) is 117 Å². The molecule has 4 aliphatic rings. The first kappa shape index (κ1) is 26.4. The standard InChI is InChI=1S/C34H39N3O4/c1-6-20-23-13-28-31-24(14-37(28)33(39)25(23)15-41-34(20)40)30-26(36-32(38)17(4)11-19-7-8-19)10-9-21-18(5)22(16(2)3)12-27(35-31)29(21)30/h12-13,16-17,19-20,26H,6-11,14-15H2,1-5H3,(H,36,38). The van der Waals surface area contributed by atoms with Gasteiger partial charge in [0.25, 0.3) is 5.56 Å². The first-order valence-corrected chi connectivity index (χ1v) is 15.4. The molecule has 41 heavy (non-hydrogen) atoms. The summed E-state index contributed by atoms with van der Waals surface area (Å²) in [6.45, 7) is 11.1. The van der Waals surface area contributed by atoms with Gasteiger partial charge in [0, 0.05) is 16.9 Å². The minimum absolute atomic E-state index is 0.0149. The van der Waals surface area contributed by atoms with Crippen molar-refractivity contribution >= 4 is 22.8 Å². The van der Waals surface area contributed by atoms with Crippen LogP contribution >= 0.6 is 0 Å². The quantitative estimate of drug-likeness (QED) is 0.298. The molecule has 2 aliphatic carbocycles. The highest BCUT2D eigenvalue weighted by molar-refractivity contribution is 5.94. The molecule has 3 atom stereocenters. The number of cyclic esters (lactones) is 1. The van der Waals surface area contributed by atoms with Crippen molar-refractivity contribution in [3.63, 3.8) is 0 Å². The van der Waals surface area contributed by atoms with Gasteiger partial charge in [-0.2, -0.15) is 0 Å². The first-order chi connectivity index (χ1) is 19.7. The van der Waals surface area contributed by atoms with Crippen LogP contribution in [0.15, 0.2) is 16.9 Å². The lowest BCUT2D eigenvalue weighted by Gasteiger charge is -2.31. The summed E-state index contributed by atoms with van der Waals surface area (Å²) < 4.78 is 7.21. The number of nitrogens with zero attached hydrogens (tertiary/aromatic N) is 2. The van der Waals surface area contributed by atoms with Crippen molar-refractivity contribution in [1.82, 2.24) is 14.9 Å². The van der Waals surface area contributed by atoms with Gasteiger partial charge in [-0.3, -0.25) is 14.4 Å². The molecule has 1 amide bonds. The van der Waals surface area contributed by atoms with Crippen molar-refractivity contribution in [2.75, 3.05) is 0 Å². The van der Waals surface area contributed by atoms with Crippen LogP contribution in [0.3, 0.4) is 0 Å². The smallest absolute Gasteiger partial charge is 0.313 e. The minimum Gasteiger partial charge on any atom is -0.460 e. The highest BCUT2D eigenvalue weighted by Gasteiger charge is 2.38. The summed E-state index contributed by atoms with van der Waals surface area (Å²) in [6.07, 6.45) is 5.70. The van der Waals surface area contributed by atoms with Gasteiger partial charge in [-0.1, -0.05) is 40.5 Å². The highest BCUT2D eigenvalue weighted by Crippen LogP contribution is 2.46. The third kappa shape index (κ3) is 4.06. The number of pyridine rings is 2. The second-order valence-electron chi connectivity index (χ2n) is 13.1. The Morgan fingerprint density at radius 1 is 1.12 bits per heavy atom. The fourth-order valence-electron chi connectivity index (χ4n) is 7.65. The zero-order valence-corrected chi connectivity index (χ0v) is 24.7. The van der Waals surface area contributed by atoms with E-state index in [4.69, 9.17) is 9.72 Å². The van der Waals surface area contributed by atoms with E-state index in [1.54, 1.807) is 4.57 Å². The summed E-state index contributed by atoms with van der Waals surface area (Å²) in [5, 5.41) is 4.58. The summed E-state index contributed by atoms with van der Waals surface area (Å²) in [5.41, 5.74) is 9.81. The molecule has 3 unspecified atom stereocenters. The summed E-state index contributed by atoms with van der Waals surface area (Å²) in [6, 6.07) is 4.09. The summed E-state index contributed by atoms with van der Waals surface area (Å²) in [4.78, 5) is 45.1. The monoisotopic (exact) mass is 553 g/mol. The number of hydrogen-bond donors (Lipinski definition) is 1. The van der Waals surface area contributed by atoms with E-state index >= 15 is 0 Å². The average molecular weight is 554 g/mol. The third-order valence-corrected chi connectivity index (χ3v) is 10.1. The van der Waals surface area contributed by atoms with Crippen LogP contribution in [0.5, 0.6) is 0 Å². The molecule has 2 aliphatic heterocycles. The fraction of sp³-hybridized carbons (Fsp3) is 0.529. The number of aryl methyl sites for hydroxylation is 1. The molecule has 0 spiro atoms. The van der Waals surface area contributed by atoms with Gasteiger partial charge in [0.05, 0.1) is 41.0 Å². The van der Waals surface area contributed by atoms with Gasteiger partial charge in [-0.05, 0) is 84.4 Å². The SMILES string of the molecule is CCC1C(=O)OCc2c1cc1n(c2=O)Cc2c-1nc1cc(C(C)C)c(C)c3c1c2C(NC(=O)C(C)CC1CC1)CC3. The summed E-state index contributed by atoms with van der Waals surface area (Å²) >= 11 is 0. The Balaban J connectivity index is 1.43. The minimum atomic E-state index is -0.443. The topological polar surface area (TPSA) is 90.3 Å². The van der Waals surface area contributed by atoms with Gasteiger partial charge in [-0.15, -0.1) is 0 Å². The molecule has 1 N–H and O–H groups in total. The Labute approximate surface area is 240 Å². The fourth-order valence-corrected chi connectivity index (χ4v) is 7.65. The Kier molecular flexibility index (Phi) is 6.14. The Morgan fingerprint density at radius 3 is 2.61 bits per heavy atom. The number of esters is 1. The zero-order valence-electron chi connectivity index (χ0n) is 24.7. The maximum absolute atomic E-state index is 13.8. The van der Waals surface area contributed by atoms with Gasteiger partial charge in [-0.25, -0.2) is 4.98 Å². The maximum atomic E-state index is 13.8. The lowest BCUT2D eigenvalue weighted by molar-refractivity contribution is -0.148. The molecular formula is C34H39N3O4. The number of fused-ring (bicyclic) bond motifs is 5. The summed E-state index contributed by atoms with van der Waals surface area (Å²) in [7, 11) is 0. The molecule has 7 heteroatoms. The molecular weight excluding hydrogens is 514 g/mol. The van der Waals surface area contributed by atoms with Gasteiger partial charge in [0.1, 0.15) is 6.61 Å². The molecule has 0 radical (unpaired) electrons. The van der Waals surface area contributed by atoms with Gasteiger partial charge >= 0.3 is 5.97 Å². The van der Waals surface area contributed by atoms with Crippen LogP contribution in [-0.4, -0.2) is 21.4 Å². The predicted octanol–water partition coefficient (Wildman–Crippen LogP) is 5.95. The lowest BCUT2D eigenvalue weighted by atomic mass is 9.79. The van der Waals surface area contributed by atoms with E-state index < -0.39 is 5.92 Å². The number of carbonyl (C=O) groups excluding carboxylic acids is 2. The number of nitrogens with one attached hydrogen (secondary N) is 1. The Bertz CT molecular complexity index is 1700. The van der Waals surface area contributed by atoms with Crippen LogP contribution < -0.4 is 10.9 Å². The Hall–Kier alpha value is -3.48. The first-order valence-electron chi connectivity index (χ1n) is 15.4. The molecule has 0 bridgehead atoms. The van der Waals surface area contributed by atoms with E-state index in [2.05, 4.69) is 32.2 Å². The number of benzene rings is 1. The highest BCUT2D eigenvalue weighted by atomic mass is 16.5. The van der Waals surface area contributed by atoms with Crippen molar-refractivity contribution in [2.45, 2.75) is 104 Å². The maximum Gasteiger partial charge on any atom is 0.313 e. The van der Waals surface area contributed by atoms with Gasteiger partial charge in [0.15, 0.2) is 0 Å². The van der Waals surface area contributed by atoms with E-state index in [9.17, 15) is 14.4 Å². The van der Waals surface area contributed by atoms with Crippen LogP contribution in [0.2, 0.25) is 0 Å². The van der Waals surface area contributed by atoms with Crippen LogP contribution in [-0.2, 0) is 33.9 Å². The van der Waals surface area contributed by atoms with Crippen LogP contribution in [0.25, 0.3) is 22.3 Å². The molecule has 1 saturated carbocycles. The summed E-state index contributed by atoms with van der Waals surface area (Å²) in [5.74, 6) is 0.426. The van der Waals surface area contributed by atoms with E-state index in [0.29, 0.717) is 30.4 Å². The average Bonchev–Trinajstić information content (AvgIpc) is 3.69. The zero-order chi connectivity index (χ0) is 28.7. The molecule has 4 heterocycles. The molecule has 1 aromatic carbocycles. The number of hydrogen-bond acceptors (Lipinski definition) is 5. The van der Waals surface area contributed by atoms with Gasteiger partial charge < -0.3 is 14.6 Å². The second kappa shape index (κ2) is 9.53. The number of ether oxygens (including phenoxy) is 1. The van der Waals surface area contributed by atoms with E-state index in [0.717, 1.165) is 58.2 Å². The lowest BCUT2D eigenvalue weighted by Crippen LogP contribution is -2.35. The third-order valence-electron chi connectivity index (χ3n) is 10.1. The van der Waals surface area contributed by atoms with E-state index in [-0.39, 0.29) is 36.0 Å². The molecule has 7 nitrogen and oxygen atoms in total. The van der Waals surface area contributed by atoms with Crippen molar-refractivity contribution in [3.05, 3.63) is 61.4 Å².